The van der Waals surface area contributed by atoms with E-state index in [9.17, 15) is 18.0 Å². The van der Waals surface area contributed by atoms with Crippen molar-refractivity contribution in [3.8, 4) is 5.75 Å². The molecular weight excluding hydrogens is 434 g/mol. The van der Waals surface area contributed by atoms with Crippen LogP contribution in [0.15, 0.2) is 59.5 Å². The minimum atomic E-state index is -4.09. The number of sulfonamides is 1. The van der Waals surface area contributed by atoms with E-state index in [0.717, 1.165) is 9.87 Å². The summed E-state index contributed by atoms with van der Waals surface area (Å²) in [6, 6.07) is 15.0. The van der Waals surface area contributed by atoms with Crippen LogP contribution in [0.1, 0.15) is 25.8 Å². The van der Waals surface area contributed by atoms with Gasteiger partial charge in [-0.2, -0.15) is 4.31 Å². The molecule has 1 atom stereocenters. The summed E-state index contributed by atoms with van der Waals surface area (Å²) >= 11 is 0. The minimum Gasteiger partial charge on any atom is -0.497 e. The number of carbonyl (C=O) groups is 2. The van der Waals surface area contributed by atoms with Crippen molar-refractivity contribution in [1.29, 1.82) is 0 Å². The zero-order chi connectivity index (χ0) is 23.5. The first-order valence-electron chi connectivity index (χ1n) is 10.0. The lowest BCUT2D eigenvalue weighted by Crippen LogP contribution is -2.64. The molecule has 10 heteroatoms. The van der Waals surface area contributed by atoms with Crippen LogP contribution < -0.4 is 10.2 Å². The maximum atomic E-state index is 13.6. The van der Waals surface area contributed by atoms with E-state index in [1.165, 1.54) is 36.3 Å². The van der Waals surface area contributed by atoms with Crippen molar-refractivity contribution >= 4 is 21.8 Å². The van der Waals surface area contributed by atoms with Crippen LogP contribution in [0.2, 0.25) is 0 Å². The Morgan fingerprint density at radius 3 is 2.34 bits per heavy atom. The molecule has 2 aromatic carbocycles. The first-order valence-corrected chi connectivity index (χ1v) is 11.5. The van der Waals surface area contributed by atoms with Gasteiger partial charge in [0.25, 0.3) is 0 Å². The average Bonchev–Trinajstić information content (AvgIpc) is 2.79. The van der Waals surface area contributed by atoms with E-state index in [1.54, 1.807) is 19.3 Å². The fraction of sp³-hybridized carbons (Fsp3) is 0.364. The summed E-state index contributed by atoms with van der Waals surface area (Å²) in [5.74, 6) is -0.575. The van der Waals surface area contributed by atoms with Gasteiger partial charge in [0, 0.05) is 13.1 Å². The zero-order valence-electron chi connectivity index (χ0n) is 18.2. The second kappa shape index (κ2) is 9.27. The Bertz CT molecular complexity index is 1070. The number of methoxy groups -OCH3 is 1. The molecule has 172 valence electrons. The van der Waals surface area contributed by atoms with E-state index in [-0.39, 0.29) is 23.9 Å². The average molecular weight is 462 g/mol. The molecule has 2 N–H and O–H groups in total. The second-order valence-electron chi connectivity index (χ2n) is 8.25. The van der Waals surface area contributed by atoms with Gasteiger partial charge in [-0.25, -0.2) is 13.9 Å². The summed E-state index contributed by atoms with van der Waals surface area (Å²) in [5.41, 5.74) is 1.30. The van der Waals surface area contributed by atoms with E-state index < -0.39 is 33.9 Å². The van der Waals surface area contributed by atoms with Crippen molar-refractivity contribution in [3.63, 3.8) is 0 Å². The SMILES string of the molecule is COc1ccc(S(=O)(=O)N2CC(C)(C)C(=O)N(Cc3ccccc3)C2CC(=O)NO)cc1. The third-order valence-electron chi connectivity index (χ3n) is 5.44. The standard InChI is InChI=1S/C22H27N3O6S/c1-22(2)15-25(32(29,30)18-11-9-17(31-3)10-12-18)20(13-19(26)23-28)24(21(22)27)14-16-7-5-4-6-8-16/h4-12,20,28H,13-15H2,1-3H3,(H,23,26). The van der Waals surface area contributed by atoms with Crippen LogP contribution in [-0.2, 0) is 26.2 Å². The maximum absolute atomic E-state index is 13.6. The van der Waals surface area contributed by atoms with Gasteiger partial charge in [0.05, 0.1) is 23.8 Å². The number of hydrogen-bond acceptors (Lipinski definition) is 6. The molecule has 1 saturated heterocycles. The van der Waals surface area contributed by atoms with Gasteiger partial charge in [-0.3, -0.25) is 14.8 Å². The molecule has 0 aromatic heterocycles. The summed E-state index contributed by atoms with van der Waals surface area (Å²) in [4.78, 5) is 26.8. The first kappa shape index (κ1) is 23.7. The van der Waals surface area contributed by atoms with Crippen LogP contribution in [0, 0.1) is 5.41 Å². The summed E-state index contributed by atoms with van der Waals surface area (Å²) in [7, 11) is -2.61. The van der Waals surface area contributed by atoms with E-state index in [1.807, 2.05) is 30.3 Å². The van der Waals surface area contributed by atoms with E-state index in [0.29, 0.717) is 5.75 Å². The van der Waals surface area contributed by atoms with Crippen LogP contribution in [-0.4, -0.2) is 54.5 Å². The normalized spacial score (nSPS) is 18.9. The second-order valence-corrected chi connectivity index (χ2v) is 10.1. The Kier molecular flexibility index (Phi) is 6.87. The Hall–Kier alpha value is -2.95. The molecule has 0 radical (unpaired) electrons. The minimum absolute atomic E-state index is 0.0116. The molecule has 0 spiro atoms. The molecule has 0 aliphatic carbocycles. The lowest BCUT2D eigenvalue weighted by atomic mass is 9.88. The Morgan fingerprint density at radius 1 is 1.16 bits per heavy atom. The number of hydrogen-bond donors (Lipinski definition) is 2. The number of hydroxylamine groups is 1. The molecule has 2 aromatic rings. The van der Waals surface area contributed by atoms with E-state index >= 15 is 0 Å². The molecule has 2 amide bonds. The number of nitrogens with one attached hydrogen (secondary N) is 1. The lowest BCUT2D eigenvalue weighted by molar-refractivity contribution is -0.156. The van der Waals surface area contributed by atoms with Gasteiger partial charge in [0.2, 0.25) is 21.8 Å². The van der Waals surface area contributed by atoms with Crippen LogP contribution >= 0.6 is 0 Å². The van der Waals surface area contributed by atoms with Crippen LogP contribution in [0.3, 0.4) is 0 Å². The highest BCUT2D eigenvalue weighted by molar-refractivity contribution is 7.89. The number of ether oxygens (including phenoxy) is 1. The fourth-order valence-electron chi connectivity index (χ4n) is 3.75. The van der Waals surface area contributed by atoms with Crippen LogP contribution in [0.5, 0.6) is 5.75 Å². The molecule has 9 nitrogen and oxygen atoms in total. The molecule has 1 aliphatic rings. The Morgan fingerprint density at radius 2 is 1.78 bits per heavy atom. The molecule has 1 heterocycles. The molecule has 0 bridgehead atoms. The van der Waals surface area contributed by atoms with E-state index in [4.69, 9.17) is 9.94 Å². The van der Waals surface area contributed by atoms with Crippen molar-refractivity contribution in [2.75, 3.05) is 13.7 Å². The predicted octanol–water partition coefficient (Wildman–Crippen LogP) is 1.98. The smallest absolute Gasteiger partial charge is 0.246 e. The van der Waals surface area contributed by atoms with Gasteiger partial charge in [0.15, 0.2) is 0 Å². The first-order chi connectivity index (χ1) is 15.1. The molecule has 1 fully saturated rings. The highest BCUT2D eigenvalue weighted by Gasteiger charge is 2.50. The van der Waals surface area contributed by atoms with Crippen LogP contribution in [0.4, 0.5) is 0 Å². The number of benzene rings is 2. The fourth-order valence-corrected chi connectivity index (χ4v) is 5.50. The van der Waals surface area contributed by atoms with Gasteiger partial charge in [0.1, 0.15) is 11.9 Å². The highest BCUT2D eigenvalue weighted by atomic mass is 32.2. The Labute approximate surface area is 187 Å². The Balaban J connectivity index is 2.08. The topological polar surface area (TPSA) is 116 Å². The quantitative estimate of drug-likeness (QED) is 0.481. The zero-order valence-corrected chi connectivity index (χ0v) is 19.0. The maximum Gasteiger partial charge on any atom is 0.246 e. The predicted molar refractivity (Wildman–Crippen MR) is 116 cm³/mol. The van der Waals surface area contributed by atoms with Gasteiger partial charge in [-0.05, 0) is 43.7 Å². The number of nitrogens with zero attached hydrogens (tertiary/aromatic N) is 2. The summed E-state index contributed by atoms with van der Waals surface area (Å²) in [6.07, 6.45) is -1.53. The van der Waals surface area contributed by atoms with Gasteiger partial charge >= 0.3 is 0 Å². The highest BCUT2D eigenvalue weighted by Crippen LogP contribution is 2.36. The van der Waals surface area contributed by atoms with Crippen molar-refractivity contribution in [2.24, 2.45) is 5.41 Å². The van der Waals surface area contributed by atoms with E-state index in [2.05, 4.69) is 0 Å². The van der Waals surface area contributed by atoms with Crippen LogP contribution in [0.25, 0.3) is 0 Å². The summed E-state index contributed by atoms with van der Waals surface area (Å²) < 4.78 is 33.5. The van der Waals surface area contributed by atoms with Gasteiger partial charge < -0.3 is 9.64 Å². The number of amides is 2. The monoisotopic (exact) mass is 461 g/mol. The largest absolute Gasteiger partial charge is 0.497 e. The molecular formula is C22H27N3O6S. The summed E-state index contributed by atoms with van der Waals surface area (Å²) in [5, 5.41) is 9.09. The third kappa shape index (κ3) is 4.77. The molecule has 3 rings (SSSR count). The number of rotatable bonds is 7. The lowest BCUT2D eigenvalue weighted by Gasteiger charge is -2.48. The molecule has 0 saturated carbocycles. The molecule has 1 unspecified atom stereocenters. The van der Waals surface area contributed by atoms with Crippen molar-refractivity contribution in [3.05, 3.63) is 60.2 Å². The molecule has 32 heavy (non-hydrogen) atoms. The van der Waals surface area contributed by atoms with Gasteiger partial charge in [-0.1, -0.05) is 30.3 Å². The van der Waals surface area contributed by atoms with Crippen molar-refractivity contribution < 1.29 is 28.0 Å². The van der Waals surface area contributed by atoms with Crippen molar-refractivity contribution in [2.45, 2.75) is 37.9 Å². The third-order valence-corrected chi connectivity index (χ3v) is 7.30. The number of carbonyl (C=O) groups excluding carboxylic acids is 2. The molecule has 1 aliphatic heterocycles. The summed E-state index contributed by atoms with van der Waals surface area (Å²) in [6.45, 7) is 3.34. The van der Waals surface area contributed by atoms with Crippen molar-refractivity contribution in [1.82, 2.24) is 14.7 Å². The van der Waals surface area contributed by atoms with Gasteiger partial charge in [-0.15, -0.1) is 0 Å².